The molecule has 0 saturated heterocycles. The highest BCUT2D eigenvalue weighted by Gasteiger charge is 2.23. The molecule has 2 aromatic rings. The maximum atomic E-state index is 12.3. The Kier molecular flexibility index (Phi) is 7.07. The average Bonchev–Trinajstić information content (AvgIpc) is 2.61. The van der Waals surface area contributed by atoms with E-state index in [0.717, 1.165) is 18.4 Å². The summed E-state index contributed by atoms with van der Waals surface area (Å²) in [5.41, 5.74) is 0.740. The maximum Gasteiger partial charge on any atom is 0.245 e. The molecule has 152 valence electrons. The minimum atomic E-state index is -3.77. The van der Waals surface area contributed by atoms with Crippen LogP contribution in [0.3, 0.4) is 0 Å². The maximum absolute atomic E-state index is 12.3. The molecule has 0 aliphatic carbocycles. The van der Waals surface area contributed by atoms with E-state index in [1.54, 1.807) is 12.1 Å². The van der Waals surface area contributed by atoms with Crippen LogP contribution in [0.4, 0.5) is 11.4 Å². The number of nitrogens with one attached hydrogen (secondary N) is 1. The molecular weight excluding hydrogens is 517 g/mol. The molecular formula is C17H20IN3O5S2. The fourth-order valence-corrected chi connectivity index (χ4v) is 4.38. The predicted molar refractivity (Wildman–Crippen MR) is 117 cm³/mol. The normalized spacial score (nSPS) is 12.0. The van der Waals surface area contributed by atoms with Crippen molar-refractivity contribution >= 4 is 59.9 Å². The fourth-order valence-electron chi connectivity index (χ4n) is 2.26. The van der Waals surface area contributed by atoms with E-state index in [2.05, 4.69) is 27.9 Å². The number of hydrogen-bond acceptors (Lipinski definition) is 5. The molecule has 28 heavy (non-hydrogen) atoms. The summed E-state index contributed by atoms with van der Waals surface area (Å²) in [5.74, 6) is -0.517. The summed E-state index contributed by atoms with van der Waals surface area (Å²) in [7, 11) is -4.59. The monoisotopic (exact) mass is 537 g/mol. The molecule has 0 radical (unpaired) electrons. The van der Waals surface area contributed by atoms with Crippen molar-refractivity contribution in [1.29, 1.82) is 0 Å². The van der Waals surface area contributed by atoms with Gasteiger partial charge in [0.1, 0.15) is 6.54 Å². The van der Waals surface area contributed by atoms with Crippen LogP contribution in [0.15, 0.2) is 53.4 Å². The molecule has 0 atom stereocenters. The van der Waals surface area contributed by atoms with Crippen molar-refractivity contribution in [2.75, 3.05) is 36.5 Å². The molecule has 0 unspecified atom stereocenters. The van der Waals surface area contributed by atoms with Crippen molar-refractivity contribution < 1.29 is 21.6 Å². The number of hydrogen-bond donors (Lipinski definition) is 1. The summed E-state index contributed by atoms with van der Waals surface area (Å²) in [6.45, 7) is -0.440. The zero-order chi connectivity index (χ0) is 21.1. The van der Waals surface area contributed by atoms with E-state index in [9.17, 15) is 21.6 Å². The molecule has 8 nitrogen and oxygen atoms in total. The van der Waals surface area contributed by atoms with E-state index in [1.807, 2.05) is 12.1 Å². The molecule has 0 spiro atoms. The molecule has 0 bridgehead atoms. The Morgan fingerprint density at radius 3 is 1.96 bits per heavy atom. The van der Waals surface area contributed by atoms with Gasteiger partial charge < -0.3 is 5.32 Å². The lowest BCUT2D eigenvalue weighted by Crippen LogP contribution is -2.37. The molecule has 0 aliphatic rings. The first kappa shape index (κ1) is 22.6. The minimum Gasteiger partial charge on any atom is -0.325 e. The highest BCUT2D eigenvalue weighted by Crippen LogP contribution is 2.22. The number of benzene rings is 2. The van der Waals surface area contributed by atoms with Crippen LogP contribution in [-0.4, -0.2) is 53.9 Å². The summed E-state index contributed by atoms with van der Waals surface area (Å²) >= 11 is 2.13. The van der Waals surface area contributed by atoms with Gasteiger partial charge in [0.2, 0.25) is 26.0 Å². The van der Waals surface area contributed by atoms with Crippen molar-refractivity contribution in [2.45, 2.75) is 4.90 Å². The SMILES string of the molecule is CN(C)S(=O)(=O)c1ccc(N(CC(=O)Nc2ccc(I)cc2)S(C)(=O)=O)cc1. The van der Waals surface area contributed by atoms with Gasteiger partial charge in [-0.25, -0.2) is 21.1 Å². The van der Waals surface area contributed by atoms with Crippen LogP contribution >= 0.6 is 22.6 Å². The van der Waals surface area contributed by atoms with Crippen LogP contribution in [0, 0.1) is 3.57 Å². The summed E-state index contributed by atoms with van der Waals surface area (Å²) in [5, 5.41) is 2.64. The Hall–Kier alpha value is -1.70. The molecule has 0 heterocycles. The largest absolute Gasteiger partial charge is 0.325 e. The van der Waals surface area contributed by atoms with Crippen molar-refractivity contribution in [3.05, 3.63) is 52.1 Å². The van der Waals surface area contributed by atoms with Gasteiger partial charge in [-0.3, -0.25) is 9.10 Å². The number of halogens is 1. The van der Waals surface area contributed by atoms with Crippen LogP contribution in [0.5, 0.6) is 0 Å². The Bertz CT molecular complexity index is 1050. The van der Waals surface area contributed by atoms with Crippen LogP contribution in [0.25, 0.3) is 0 Å². The zero-order valence-electron chi connectivity index (χ0n) is 15.5. The molecule has 0 aliphatic heterocycles. The molecule has 1 N–H and O–H groups in total. The van der Waals surface area contributed by atoms with Gasteiger partial charge in [-0.2, -0.15) is 0 Å². The average molecular weight is 537 g/mol. The van der Waals surface area contributed by atoms with E-state index in [-0.39, 0.29) is 10.6 Å². The lowest BCUT2D eigenvalue weighted by Gasteiger charge is -2.22. The van der Waals surface area contributed by atoms with Crippen molar-refractivity contribution in [3.8, 4) is 0 Å². The van der Waals surface area contributed by atoms with Crippen molar-refractivity contribution in [2.24, 2.45) is 0 Å². The van der Waals surface area contributed by atoms with E-state index in [4.69, 9.17) is 0 Å². The molecule has 0 fully saturated rings. The van der Waals surface area contributed by atoms with Crippen LogP contribution in [0.1, 0.15) is 0 Å². The topological polar surface area (TPSA) is 104 Å². The first-order chi connectivity index (χ1) is 12.9. The highest BCUT2D eigenvalue weighted by atomic mass is 127. The number of carbonyl (C=O) groups excluding carboxylic acids is 1. The lowest BCUT2D eigenvalue weighted by atomic mass is 10.3. The summed E-state index contributed by atoms with van der Waals surface area (Å²) in [6, 6.07) is 12.4. The predicted octanol–water partition coefficient (Wildman–Crippen LogP) is 1.95. The quantitative estimate of drug-likeness (QED) is 0.544. The van der Waals surface area contributed by atoms with Gasteiger partial charge in [-0.05, 0) is 71.1 Å². The Morgan fingerprint density at radius 1 is 0.964 bits per heavy atom. The Morgan fingerprint density at radius 2 is 1.50 bits per heavy atom. The van der Waals surface area contributed by atoms with Crippen LogP contribution in [-0.2, 0) is 24.8 Å². The second kappa shape index (κ2) is 8.76. The van der Waals surface area contributed by atoms with E-state index in [0.29, 0.717) is 5.69 Å². The number of anilines is 2. The standard InChI is InChI=1S/C17H20IN3O5S2/c1-20(2)28(25,26)16-10-8-15(9-11-16)21(27(3,23)24)12-17(22)19-14-6-4-13(18)5-7-14/h4-11H,12H2,1-3H3,(H,19,22). The first-order valence-electron chi connectivity index (χ1n) is 7.97. The summed E-state index contributed by atoms with van der Waals surface area (Å²) in [6.07, 6.45) is 0.982. The third-order valence-electron chi connectivity index (χ3n) is 3.72. The highest BCUT2D eigenvalue weighted by molar-refractivity contribution is 14.1. The molecule has 0 saturated carbocycles. The van der Waals surface area contributed by atoms with Crippen LogP contribution in [0.2, 0.25) is 0 Å². The summed E-state index contributed by atoms with van der Waals surface area (Å²) in [4.78, 5) is 12.3. The van der Waals surface area contributed by atoms with Gasteiger partial charge in [-0.15, -0.1) is 0 Å². The second-order valence-corrected chi connectivity index (χ2v) is 11.4. The first-order valence-corrected chi connectivity index (χ1v) is 12.3. The lowest BCUT2D eigenvalue weighted by molar-refractivity contribution is -0.114. The van der Waals surface area contributed by atoms with E-state index in [1.165, 1.54) is 38.4 Å². The number of nitrogens with zero attached hydrogens (tertiary/aromatic N) is 2. The molecule has 1 amide bonds. The molecule has 0 aromatic heterocycles. The fraction of sp³-hybridized carbons (Fsp3) is 0.235. The van der Waals surface area contributed by atoms with E-state index < -0.39 is 32.5 Å². The van der Waals surface area contributed by atoms with Crippen molar-refractivity contribution in [1.82, 2.24) is 4.31 Å². The molecule has 2 aromatic carbocycles. The van der Waals surface area contributed by atoms with Crippen molar-refractivity contribution in [3.63, 3.8) is 0 Å². The second-order valence-electron chi connectivity index (χ2n) is 6.11. The number of sulfonamides is 2. The van der Waals surface area contributed by atoms with Gasteiger partial charge in [-0.1, -0.05) is 0 Å². The summed E-state index contributed by atoms with van der Waals surface area (Å²) < 4.78 is 51.6. The van der Waals surface area contributed by atoms with Crippen LogP contribution < -0.4 is 9.62 Å². The zero-order valence-corrected chi connectivity index (χ0v) is 19.2. The van der Waals surface area contributed by atoms with Gasteiger partial charge in [0, 0.05) is 23.4 Å². The molecule has 11 heteroatoms. The van der Waals surface area contributed by atoms with Gasteiger partial charge in [0.05, 0.1) is 16.8 Å². The minimum absolute atomic E-state index is 0.0260. The Labute approximate surface area is 178 Å². The van der Waals surface area contributed by atoms with Gasteiger partial charge >= 0.3 is 0 Å². The third kappa shape index (κ3) is 5.65. The molecule has 2 rings (SSSR count). The number of carbonyl (C=O) groups is 1. The third-order valence-corrected chi connectivity index (χ3v) is 7.41. The van der Waals surface area contributed by atoms with E-state index >= 15 is 0 Å². The van der Waals surface area contributed by atoms with Gasteiger partial charge in [0.15, 0.2) is 0 Å². The number of rotatable bonds is 7. The Balaban J connectivity index is 2.24. The number of amides is 1. The smallest absolute Gasteiger partial charge is 0.245 e. The van der Waals surface area contributed by atoms with Gasteiger partial charge in [0.25, 0.3) is 0 Å².